The predicted molar refractivity (Wildman–Crippen MR) is 139 cm³/mol. The van der Waals surface area contributed by atoms with E-state index in [9.17, 15) is 9.59 Å². The summed E-state index contributed by atoms with van der Waals surface area (Å²) in [6.45, 7) is 2.44. The van der Waals surface area contributed by atoms with Gasteiger partial charge in [-0.3, -0.25) is 9.59 Å². The van der Waals surface area contributed by atoms with Crippen LogP contribution in [-0.2, 0) is 11.2 Å². The molecule has 1 atom stereocenters. The number of fused-ring (bicyclic) bond motifs is 2. The van der Waals surface area contributed by atoms with Crippen LogP contribution in [0.25, 0.3) is 10.9 Å². The Labute approximate surface area is 210 Å². The summed E-state index contributed by atoms with van der Waals surface area (Å²) in [6.07, 6.45) is 0.630. The first-order chi connectivity index (χ1) is 17.5. The number of nitrogens with zero attached hydrogens (tertiary/aromatic N) is 1. The van der Waals surface area contributed by atoms with E-state index in [0.717, 1.165) is 33.3 Å². The number of carbonyl (C=O) groups is 2. The second-order valence-electron chi connectivity index (χ2n) is 8.92. The van der Waals surface area contributed by atoms with Crippen LogP contribution in [0.1, 0.15) is 38.8 Å². The number of aromatic nitrogens is 1. The third-order valence-electron chi connectivity index (χ3n) is 6.77. The van der Waals surface area contributed by atoms with Crippen LogP contribution in [-0.4, -0.2) is 49.0 Å². The number of aromatic amines is 1. The minimum atomic E-state index is -0.332. The van der Waals surface area contributed by atoms with Crippen LogP contribution < -0.4 is 14.8 Å². The Kier molecular flexibility index (Phi) is 6.38. The number of amides is 2. The Morgan fingerprint density at radius 2 is 1.75 bits per heavy atom. The fraction of sp³-hybridized carbons (Fsp3) is 0.241. The lowest BCUT2D eigenvalue weighted by Crippen LogP contribution is -2.40. The van der Waals surface area contributed by atoms with Gasteiger partial charge in [0, 0.05) is 34.3 Å². The first-order valence-corrected chi connectivity index (χ1v) is 12.0. The molecule has 0 fully saturated rings. The highest BCUT2D eigenvalue weighted by atomic mass is 16.5. The van der Waals surface area contributed by atoms with Gasteiger partial charge in [0.1, 0.15) is 6.54 Å². The molecule has 1 aliphatic rings. The molecule has 7 heteroatoms. The van der Waals surface area contributed by atoms with Gasteiger partial charge >= 0.3 is 0 Å². The molecule has 5 rings (SSSR count). The van der Waals surface area contributed by atoms with Gasteiger partial charge in [0.25, 0.3) is 5.91 Å². The number of rotatable bonds is 8. The zero-order valence-corrected chi connectivity index (χ0v) is 20.6. The fourth-order valence-electron chi connectivity index (χ4n) is 5.09. The van der Waals surface area contributed by atoms with E-state index >= 15 is 0 Å². The number of carbonyl (C=O) groups excluding carboxylic acids is 2. The molecular weight excluding hydrogens is 454 g/mol. The van der Waals surface area contributed by atoms with E-state index in [1.807, 2.05) is 67.6 Å². The number of ether oxygens (including phenoxy) is 2. The Morgan fingerprint density at radius 1 is 1.00 bits per heavy atom. The van der Waals surface area contributed by atoms with Crippen molar-refractivity contribution in [1.82, 2.24) is 15.2 Å². The normalized spacial score (nSPS) is 14.7. The molecule has 36 heavy (non-hydrogen) atoms. The minimum absolute atomic E-state index is 0.0247. The van der Waals surface area contributed by atoms with E-state index in [1.165, 1.54) is 0 Å². The van der Waals surface area contributed by atoms with Gasteiger partial charge in [0.2, 0.25) is 5.91 Å². The summed E-state index contributed by atoms with van der Waals surface area (Å²) in [5, 5.41) is 4.04. The highest BCUT2D eigenvalue weighted by Gasteiger charge is 2.40. The molecule has 0 aliphatic carbocycles. The molecule has 1 aliphatic heterocycles. The molecule has 3 aromatic carbocycles. The Bertz CT molecular complexity index is 1440. The predicted octanol–water partition coefficient (Wildman–Crippen LogP) is 4.40. The Morgan fingerprint density at radius 3 is 2.56 bits per heavy atom. The Hall–Kier alpha value is -4.26. The highest BCUT2D eigenvalue weighted by molar-refractivity contribution is 6.02. The van der Waals surface area contributed by atoms with Crippen molar-refractivity contribution >= 4 is 22.7 Å². The van der Waals surface area contributed by atoms with Gasteiger partial charge in [-0.15, -0.1) is 0 Å². The number of benzene rings is 3. The first kappa shape index (κ1) is 23.5. The Balaban J connectivity index is 1.35. The molecule has 2 amide bonds. The van der Waals surface area contributed by atoms with Gasteiger partial charge in [-0.2, -0.15) is 0 Å². The maximum absolute atomic E-state index is 13.4. The number of nitrogens with one attached hydrogen (secondary N) is 2. The molecule has 2 heterocycles. The van der Waals surface area contributed by atoms with Crippen LogP contribution in [0.5, 0.6) is 11.5 Å². The summed E-state index contributed by atoms with van der Waals surface area (Å²) in [5.41, 5.74) is 5.62. The maximum atomic E-state index is 13.4. The van der Waals surface area contributed by atoms with E-state index in [-0.39, 0.29) is 24.4 Å². The van der Waals surface area contributed by atoms with Crippen LogP contribution in [0.3, 0.4) is 0 Å². The molecule has 184 valence electrons. The molecule has 0 radical (unpaired) electrons. The van der Waals surface area contributed by atoms with E-state index in [0.29, 0.717) is 30.0 Å². The molecule has 2 N–H and O–H groups in total. The van der Waals surface area contributed by atoms with Crippen molar-refractivity contribution in [1.29, 1.82) is 0 Å². The monoisotopic (exact) mass is 483 g/mol. The van der Waals surface area contributed by atoms with Crippen LogP contribution in [0, 0.1) is 6.92 Å². The lowest BCUT2D eigenvalue weighted by atomic mass is 9.95. The second-order valence-corrected chi connectivity index (χ2v) is 8.92. The number of H-pyrrole nitrogens is 1. The lowest BCUT2D eigenvalue weighted by Gasteiger charge is -2.25. The summed E-state index contributed by atoms with van der Waals surface area (Å²) in [5.74, 6) is 0.990. The van der Waals surface area contributed by atoms with Gasteiger partial charge in [0.05, 0.1) is 20.3 Å². The number of aryl methyl sites for hydroxylation is 1. The SMILES string of the molecule is COc1ccc(CCNC(=O)CN2C(=O)c3ccccc3[C@@H]2c2c(C)[nH]c3ccccc23)cc1OC. The summed E-state index contributed by atoms with van der Waals surface area (Å²) in [6, 6.07) is 21.1. The lowest BCUT2D eigenvalue weighted by molar-refractivity contribution is -0.122. The van der Waals surface area contributed by atoms with Crippen LogP contribution in [0.2, 0.25) is 0 Å². The molecule has 0 saturated carbocycles. The fourth-order valence-corrected chi connectivity index (χ4v) is 5.09. The third-order valence-corrected chi connectivity index (χ3v) is 6.77. The largest absolute Gasteiger partial charge is 0.493 e. The average molecular weight is 484 g/mol. The van der Waals surface area contributed by atoms with Crippen molar-refractivity contribution in [3.8, 4) is 11.5 Å². The van der Waals surface area contributed by atoms with Crippen LogP contribution in [0.4, 0.5) is 0 Å². The number of para-hydroxylation sites is 1. The van der Waals surface area contributed by atoms with Gasteiger partial charge in [-0.1, -0.05) is 42.5 Å². The molecule has 0 bridgehead atoms. The minimum Gasteiger partial charge on any atom is -0.493 e. The summed E-state index contributed by atoms with van der Waals surface area (Å²) < 4.78 is 10.7. The third kappa shape index (κ3) is 4.17. The molecule has 0 spiro atoms. The van der Waals surface area contributed by atoms with E-state index in [4.69, 9.17) is 9.47 Å². The summed E-state index contributed by atoms with van der Waals surface area (Å²) >= 11 is 0. The highest BCUT2D eigenvalue weighted by Crippen LogP contribution is 2.42. The topological polar surface area (TPSA) is 83.7 Å². The zero-order valence-electron chi connectivity index (χ0n) is 20.6. The molecule has 0 unspecified atom stereocenters. The van der Waals surface area contributed by atoms with E-state index in [2.05, 4.69) is 16.4 Å². The van der Waals surface area contributed by atoms with Gasteiger partial charge in [0.15, 0.2) is 11.5 Å². The second kappa shape index (κ2) is 9.77. The van der Waals surface area contributed by atoms with Crippen molar-refractivity contribution in [2.75, 3.05) is 27.3 Å². The molecule has 7 nitrogen and oxygen atoms in total. The van der Waals surface area contributed by atoms with Gasteiger partial charge in [-0.25, -0.2) is 0 Å². The van der Waals surface area contributed by atoms with E-state index in [1.54, 1.807) is 19.1 Å². The van der Waals surface area contributed by atoms with Crippen molar-refractivity contribution in [2.24, 2.45) is 0 Å². The molecule has 4 aromatic rings. The summed E-state index contributed by atoms with van der Waals surface area (Å²) in [4.78, 5) is 31.6. The van der Waals surface area contributed by atoms with E-state index < -0.39 is 0 Å². The number of hydrogen-bond acceptors (Lipinski definition) is 4. The summed E-state index contributed by atoms with van der Waals surface area (Å²) in [7, 11) is 3.20. The molecule has 1 aromatic heterocycles. The van der Waals surface area contributed by atoms with Gasteiger partial charge < -0.3 is 24.7 Å². The average Bonchev–Trinajstić information content (AvgIpc) is 3.36. The van der Waals surface area contributed by atoms with Crippen molar-refractivity contribution in [3.05, 3.63) is 94.7 Å². The maximum Gasteiger partial charge on any atom is 0.255 e. The quantitative estimate of drug-likeness (QED) is 0.389. The van der Waals surface area contributed by atoms with Crippen molar-refractivity contribution in [3.63, 3.8) is 0 Å². The van der Waals surface area contributed by atoms with Crippen LogP contribution >= 0.6 is 0 Å². The van der Waals surface area contributed by atoms with Crippen LogP contribution in [0.15, 0.2) is 66.7 Å². The molecule has 0 saturated heterocycles. The number of methoxy groups -OCH3 is 2. The smallest absolute Gasteiger partial charge is 0.255 e. The molecular formula is C29H29N3O4. The standard InChI is InChI=1S/C29H29N3O4/c1-18-27(22-10-6-7-11-23(22)31-18)28-20-8-4-5-9-21(20)29(34)32(28)17-26(33)30-15-14-19-12-13-24(35-2)25(16-19)36-3/h4-13,16,28,31H,14-15,17H2,1-3H3,(H,30,33)/t28-/m1/s1. The van der Waals surface area contributed by atoms with Gasteiger partial charge in [-0.05, 0) is 48.7 Å². The first-order valence-electron chi connectivity index (χ1n) is 12.0. The van der Waals surface area contributed by atoms with Crippen molar-refractivity contribution in [2.45, 2.75) is 19.4 Å². The van der Waals surface area contributed by atoms with Crippen molar-refractivity contribution < 1.29 is 19.1 Å². The zero-order chi connectivity index (χ0) is 25.2. The number of hydrogen-bond donors (Lipinski definition) is 2.